The van der Waals surface area contributed by atoms with E-state index in [4.69, 9.17) is 0 Å². The lowest BCUT2D eigenvalue weighted by Crippen LogP contribution is -2.22. The molecule has 2 aromatic heterocycles. The molecule has 2 heterocycles. The molecule has 2 atom stereocenters. The maximum absolute atomic E-state index is 4.35. The van der Waals surface area contributed by atoms with E-state index >= 15 is 0 Å². The van der Waals surface area contributed by atoms with Gasteiger partial charge in [-0.15, -0.1) is 22.7 Å². The molecule has 0 aliphatic rings. The molecule has 2 unspecified atom stereocenters. The van der Waals surface area contributed by atoms with Crippen molar-refractivity contribution in [1.82, 2.24) is 10.3 Å². The monoisotopic (exact) mass is 266 g/mol. The molecule has 0 radical (unpaired) electrons. The van der Waals surface area contributed by atoms with Crippen molar-refractivity contribution in [2.75, 3.05) is 0 Å². The largest absolute Gasteiger partial charge is 0.302 e. The smallest absolute Gasteiger partial charge is 0.0795 e. The van der Waals surface area contributed by atoms with E-state index in [1.807, 2.05) is 16.8 Å². The summed E-state index contributed by atoms with van der Waals surface area (Å²) in [5.74, 6) is 0. The first-order chi connectivity index (χ1) is 8.08. The van der Waals surface area contributed by atoms with Crippen LogP contribution in [0.25, 0.3) is 0 Å². The minimum atomic E-state index is 0.302. The fourth-order valence-corrected chi connectivity index (χ4v) is 3.74. The zero-order valence-electron chi connectivity index (χ0n) is 10.7. The second-order valence-electron chi connectivity index (χ2n) is 4.39. The second-order valence-corrected chi connectivity index (χ2v) is 6.57. The maximum atomic E-state index is 4.35. The molecular formula is C13H18N2S2. The molecule has 0 fully saturated rings. The first-order valence-electron chi connectivity index (χ1n) is 5.79. The number of aromatic nitrogens is 1. The first kappa shape index (κ1) is 12.7. The molecule has 4 heteroatoms. The number of nitrogens with one attached hydrogen (secondary N) is 1. The molecule has 2 aromatic rings. The molecule has 0 aliphatic carbocycles. The van der Waals surface area contributed by atoms with E-state index in [-0.39, 0.29) is 0 Å². The fourth-order valence-electron chi connectivity index (χ4n) is 2.07. The Bertz CT molecular complexity index is 474. The molecule has 17 heavy (non-hydrogen) atoms. The van der Waals surface area contributed by atoms with Crippen LogP contribution in [0.1, 0.15) is 46.9 Å². The topological polar surface area (TPSA) is 24.9 Å². The van der Waals surface area contributed by atoms with E-state index in [9.17, 15) is 0 Å². The molecule has 2 rings (SSSR count). The van der Waals surface area contributed by atoms with Gasteiger partial charge in [-0.05, 0) is 39.3 Å². The summed E-state index contributed by atoms with van der Waals surface area (Å²) in [5, 5.41) is 5.71. The summed E-state index contributed by atoms with van der Waals surface area (Å²) in [6.07, 6.45) is 0. The summed E-state index contributed by atoms with van der Waals surface area (Å²) < 4.78 is 0. The van der Waals surface area contributed by atoms with Crippen LogP contribution in [0.15, 0.2) is 17.0 Å². The maximum Gasteiger partial charge on any atom is 0.0795 e. The van der Waals surface area contributed by atoms with Gasteiger partial charge in [0.25, 0.3) is 0 Å². The normalized spacial score (nSPS) is 14.8. The van der Waals surface area contributed by atoms with Gasteiger partial charge in [0.1, 0.15) is 0 Å². The van der Waals surface area contributed by atoms with E-state index in [0.29, 0.717) is 12.1 Å². The Morgan fingerprint density at radius 1 is 1.24 bits per heavy atom. The molecule has 2 nitrogen and oxygen atoms in total. The molecule has 1 N–H and O–H groups in total. The Morgan fingerprint density at radius 3 is 2.53 bits per heavy atom. The Labute approximate surface area is 111 Å². The van der Waals surface area contributed by atoms with Crippen molar-refractivity contribution in [1.29, 1.82) is 0 Å². The van der Waals surface area contributed by atoms with Gasteiger partial charge in [0.05, 0.1) is 11.2 Å². The highest BCUT2D eigenvalue weighted by atomic mass is 32.1. The van der Waals surface area contributed by atoms with Gasteiger partial charge in [0, 0.05) is 27.2 Å². The predicted molar refractivity (Wildman–Crippen MR) is 75.9 cm³/mol. The third kappa shape index (κ3) is 2.94. The van der Waals surface area contributed by atoms with Crippen molar-refractivity contribution < 1.29 is 0 Å². The van der Waals surface area contributed by atoms with E-state index < -0.39 is 0 Å². The molecular weight excluding hydrogens is 248 g/mol. The Balaban J connectivity index is 2.06. The molecule has 0 amide bonds. The van der Waals surface area contributed by atoms with E-state index in [1.54, 1.807) is 11.3 Å². The first-order valence-corrected chi connectivity index (χ1v) is 7.55. The number of aryl methyl sites for hydroxylation is 2. The van der Waals surface area contributed by atoms with E-state index in [2.05, 4.69) is 49.4 Å². The number of thiophene rings is 1. The molecule has 0 bridgehead atoms. The SMILES string of the molecule is Cc1cc(C(C)NC(C)c2cscn2)c(C)s1. The third-order valence-corrected chi connectivity index (χ3v) is 4.53. The van der Waals surface area contributed by atoms with Crippen molar-refractivity contribution in [3.8, 4) is 0 Å². The van der Waals surface area contributed by atoms with Gasteiger partial charge in [0.2, 0.25) is 0 Å². The summed E-state index contributed by atoms with van der Waals surface area (Å²) in [6, 6.07) is 2.96. The lowest BCUT2D eigenvalue weighted by atomic mass is 10.1. The van der Waals surface area contributed by atoms with Crippen LogP contribution in [0.4, 0.5) is 0 Å². The highest BCUT2D eigenvalue weighted by Gasteiger charge is 2.15. The lowest BCUT2D eigenvalue weighted by molar-refractivity contribution is 0.487. The summed E-state index contributed by atoms with van der Waals surface area (Å²) in [7, 11) is 0. The standard InChI is InChI=1S/C13H18N2S2/c1-8-5-12(11(4)17-8)9(2)15-10(3)13-6-16-7-14-13/h5-7,9-10,15H,1-4H3. The van der Waals surface area contributed by atoms with Gasteiger partial charge >= 0.3 is 0 Å². The lowest BCUT2D eigenvalue weighted by Gasteiger charge is -2.18. The number of nitrogens with zero attached hydrogens (tertiary/aromatic N) is 1. The number of hydrogen-bond donors (Lipinski definition) is 1. The van der Waals surface area contributed by atoms with Crippen LogP contribution in [0.2, 0.25) is 0 Å². The molecule has 0 aliphatic heterocycles. The van der Waals surface area contributed by atoms with Gasteiger partial charge < -0.3 is 5.32 Å². The van der Waals surface area contributed by atoms with Crippen molar-refractivity contribution in [3.05, 3.63) is 38.0 Å². The van der Waals surface area contributed by atoms with Crippen LogP contribution in [0, 0.1) is 13.8 Å². The van der Waals surface area contributed by atoms with Gasteiger partial charge in [-0.2, -0.15) is 0 Å². The summed E-state index contributed by atoms with van der Waals surface area (Å²) >= 11 is 3.52. The van der Waals surface area contributed by atoms with Gasteiger partial charge in [0.15, 0.2) is 0 Å². The minimum Gasteiger partial charge on any atom is -0.302 e. The number of thiazole rings is 1. The highest BCUT2D eigenvalue weighted by Crippen LogP contribution is 2.27. The molecule has 0 spiro atoms. The average molecular weight is 266 g/mol. The zero-order valence-corrected chi connectivity index (χ0v) is 12.3. The van der Waals surface area contributed by atoms with Crippen LogP contribution >= 0.6 is 22.7 Å². The van der Waals surface area contributed by atoms with E-state index in [0.717, 1.165) is 5.69 Å². The fraction of sp³-hybridized carbons (Fsp3) is 0.462. The second kappa shape index (κ2) is 5.29. The molecule has 0 saturated heterocycles. The molecule has 92 valence electrons. The van der Waals surface area contributed by atoms with Crippen LogP contribution < -0.4 is 5.32 Å². The molecule has 0 saturated carbocycles. The number of rotatable bonds is 4. The van der Waals surface area contributed by atoms with Crippen molar-refractivity contribution in [2.45, 2.75) is 39.8 Å². The molecule has 0 aromatic carbocycles. The Hall–Kier alpha value is -0.710. The zero-order chi connectivity index (χ0) is 12.4. The summed E-state index contributed by atoms with van der Waals surface area (Å²) in [5.41, 5.74) is 4.43. The van der Waals surface area contributed by atoms with Gasteiger partial charge in [-0.1, -0.05) is 0 Å². The van der Waals surface area contributed by atoms with Crippen molar-refractivity contribution in [2.24, 2.45) is 0 Å². The van der Waals surface area contributed by atoms with Crippen molar-refractivity contribution in [3.63, 3.8) is 0 Å². The number of hydrogen-bond acceptors (Lipinski definition) is 4. The Morgan fingerprint density at radius 2 is 2.00 bits per heavy atom. The van der Waals surface area contributed by atoms with Crippen LogP contribution in [0.3, 0.4) is 0 Å². The van der Waals surface area contributed by atoms with E-state index in [1.165, 1.54) is 15.3 Å². The van der Waals surface area contributed by atoms with Crippen LogP contribution in [0.5, 0.6) is 0 Å². The summed E-state index contributed by atoms with van der Waals surface area (Å²) in [4.78, 5) is 7.14. The Kier molecular flexibility index (Phi) is 3.97. The minimum absolute atomic E-state index is 0.302. The quantitative estimate of drug-likeness (QED) is 0.895. The van der Waals surface area contributed by atoms with Gasteiger partial charge in [-0.3, -0.25) is 0 Å². The predicted octanol–water partition coefficient (Wildman–Crippen LogP) is 4.23. The highest BCUT2D eigenvalue weighted by molar-refractivity contribution is 7.12. The third-order valence-electron chi connectivity index (χ3n) is 2.94. The summed E-state index contributed by atoms with van der Waals surface area (Å²) in [6.45, 7) is 8.74. The average Bonchev–Trinajstić information content (AvgIpc) is 2.87. The van der Waals surface area contributed by atoms with Gasteiger partial charge in [-0.25, -0.2) is 4.98 Å². The van der Waals surface area contributed by atoms with Crippen LogP contribution in [-0.2, 0) is 0 Å². The van der Waals surface area contributed by atoms with Crippen molar-refractivity contribution >= 4 is 22.7 Å². The van der Waals surface area contributed by atoms with Crippen LogP contribution in [-0.4, -0.2) is 4.98 Å².